The van der Waals surface area contributed by atoms with E-state index in [2.05, 4.69) is 20.2 Å². The Morgan fingerprint density at radius 3 is 2.63 bits per heavy atom. The predicted molar refractivity (Wildman–Crippen MR) is 105 cm³/mol. The summed E-state index contributed by atoms with van der Waals surface area (Å²) >= 11 is 0. The molecular formula is C19H25N5O3. The number of nitrogens with zero attached hydrogens (tertiary/aromatic N) is 4. The first-order valence-corrected chi connectivity index (χ1v) is 8.89. The van der Waals surface area contributed by atoms with Crippen LogP contribution >= 0.6 is 0 Å². The molecule has 0 spiro atoms. The molecule has 0 aliphatic carbocycles. The Kier molecular flexibility index (Phi) is 6.08. The molecular weight excluding hydrogens is 346 g/mol. The summed E-state index contributed by atoms with van der Waals surface area (Å²) < 4.78 is 10.9. The normalized spacial score (nSPS) is 14.0. The number of anilines is 3. The largest absolute Gasteiger partial charge is 0.484 e. The minimum atomic E-state index is -0.263. The van der Waals surface area contributed by atoms with Crippen molar-refractivity contribution in [2.24, 2.45) is 0 Å². The number of rotatable bonds is 6. The molecule has 8 heteroatoms. The van der Waals surface area contributed by atoms with E-state index in [1.165, 1.54) is 0 Å². The van der Waals surface area contributed by atoms with E-state index >= 15 is 0 Å². The Morgan fingerprint density at radius 1 is 1.26 bits per heavy atom. The highest BCUT2D eigenvalue weighted by atomic mass is 16.5. The standard InChI is InChI=1S/C19H25N5O3/c1-14-4-6-15(7-5-14)27-13-17(25)21-16-12-20-19(22-18(16)23(2)3)24-8-10-26-11-9-24/h4-7,12H,8-11,13H2,1-3H3,(H,21,25). The Morgan fingerprint density at radius 2 is 1.96 bits per heavy atom. The monoisotopic (exact) mass is 371 g/mol. The number of aryl methyl sites for hydroxylation is 1. The molecule has 0 radical (unpaired) electrons. The molecule has 0 saturated carbocycles. The maximum Gasteiger partial charge on any atom is 0.262 e. The Hall–Kier alpha value is -2.87. The highest BCUT2D eigenvalue weighted by Gasteiger charge is 2.18. The number of benzene rings is 1. The van der Waals surface area contributed by atoms with Crippen molar-refractivity contribution in [2.75, 3.05) is 62.1 Å². The number of carbonyl (C=O) groups is 1. The fourth-order valence-electron chi connectivity index (χ4n) is 2.68. The summed E-state index contributed by atoms with van der Waals surface area (Å²) in [6.07, 6.45) is 1.64. The molecule has 0 unspecified atom stereocenters. The van der Waals surface area contributed by atoms with Gasteiger partial charge in [-0.25, -0.2) is 4.98 Å². The van der Waals surface area contributed by atoms with Crippen LogP contribution in [-0.4, -0.2) is 62.9 Å². The van der Waals surface area contributed by atoms with Crippen molar-refractivity contribution >= 4 is 23.4 Å². The van der Waals surface area contributed by atoms with Crippen LogP contribution in [0, 0.1) is 6.92 Å². The molecule has 1 saturated heterocycles. The van der Waals surface area contributed by atoms with E-state index in [1.807, 2.05) is 50.2 Å². The number of carbonyl (C=O) groups excluding carboxylic acids is 1. The predicted octanol–water partition coefficient (Wildman–Crippen LogP) is 1.71. The fraction of sp³-hybridized carbons (Fsp3) is 0.421. The minimum absolute atomic E-state index is 0.0822. The zero-order valence-corrected chi connectivity index (χ0v) is 15.9. The van der Waals surface area contributed by atoms with Gasteiger partial charge < -0.3 is 24.6 Å². The molecule has 144 valence electrons. The highest BCUT2D eigenvalue weighted by molar-refractivity contribution is 5.94. The van der Waals surface area contributed by atoms with Crippen molar-refractivity contribution in [3.05, 3.63) is 36.0 Å². The summed E-state index contributed by atoms with van der Waals surface area (Å²) in [5.41, 5.74) is 1.69. The Bertz CT molecular complexity index is 773. The molecule has 8 nitrogen and oxygen atoms in total. The average Bonchev–Trinajstić information content (AvgIpc) is 2.68. The first-order chi connectivity index (χ1) is 13.0. The lowest BCUT2D eigenvalue weighted by atomic mass is 10.2. The number of hydrogen-bond donors (Lipinski definition) is 1. The second-order valence-electron chi connectivity index (χ2n) is 6.55. The molecule has 2 heterocycles. The summed E-state index contributed by atoms with van der Waals surface area (Å²) in [7, 11) is 3.76. The average molecular weight is 371 g/mol. The molecule has 27 heavy (non-hydrogen) atoms. The summed E-state index contributed by atoms with van der Waals surface area (Å²) in [6.45, 7) is 4.75. The van der Waals surface area contributed by atoms with Crippen molar-refractivity contribution in [2.45, 2.75) is 6.92 Å². The summed E-state index contributed by atoms with van der Waals surface area (Å²) in [5, 5.41) is 2.83. The molecule has 1 aliphatic heterocycles. The number of ether oxygens (including phenoxy) is 2. The quantitative estimate of drug-likeness (QED) is 0.828. The molecule has 1 aromatic carbocycles. The number of aromatic nitrogens is 2. The van der Waals surface area contributed by atoms with Crippen LogP contribution in [0.4, 0.5) is 17.5 Å². The summed E-state index contributed by atoms with van der Waals surface area (Å²) in [5.74, 6) is 1.68. The van der Waals surface area contributed by atoms with Gasteiger partial charge in [0, 0.05) is 27.2 Å². The third kappa shape index (κ3) is 5.07. The first kappa shape index (κ1) is 18.9. The lowest BCUT2D eigenvalue weighted by molar-refractivity contribution is -0.118. The van der Waals surface area contributed by atoms with Crippen molar-refractivity contribution in [3.8, 4) is 5.75 Å². The summed E-state index contributed by atoms with van der Waals surface area (Å²) in [6, 6.07) is 7.56. The molecule has 1 N–H and O–H groups in total. The number of nitrogens with one attached hydrogen (secondary N) is 1. The van der Waals surface area contributed by atoms with E-state index in [0.29, 0.717) is 36.4 Å². The topological polar surface area (TPSA) is 79.8 Å². The van der Waals surface area contributed by atoms with Crippen LogP contribution in [0.2, 0.25) is 0 Å². The zero-order chi connectivity index (χ0) is 19.2. The smallest absolute Gasteiger partial charge is 0.262 e. The lowest BCUT2D eigenvalue weighted by Gasteiger charge is -2.28. The van der Waals surface area contributed by atoms with Gasteiger partial charge in [0.2, 0.25) is 5.95 Å². The van der Waals surface area contributed by atoms with Crippen LogP contribution in [0.3, 0.4) is 0 Å². The number of amides is 1. The van der Waals surface area contributed by atoms with E-state index in [1.54, 1.807) is 6.20 Å². The second kappa shape index (κ2) is 8.68. The van der Waals surface area contributed by atoms with Gasteiger partial charge >= 0.3 is 0 Å². The van der Waals surface area contributed by atoms with Crippen LogP contribution in [0.25, 0.3) is 0 Å². The molecule has 1 aromatic heterocycles. The van der Waals surface area contributed by atoms with Gasteiger partial charge in [-0.3, -0.25) is 4.79 Å². The van der Waals surface area contributed by atoms with Gasteiger partial charge in [0.05, 0.1) is 19.4 Å². The molecule has 2 aromatic rings. The molecule has 1 aliphatic rings. The van der Waals surface area contributed by atoms with Crippen molar-refractivity contribution in [1.29, 1.82) is 0 Å². The van der Waals surface area contributed by atoms with Crippen LogP contribution in [0.5, 0.6) is 5.75 Å². The minimum Gasteiger partial charge on any atom is -0.484 e. The van der Waals surface area contributed by atoms with Crippen molar-refractivity contribution in [1.82, 2.24) is 9.97 Å². The molecule has 0 atom stereocenters. The zero-order valence-electron chi connectivity index (χ0n) is 15.9. The van der Waals surface area contributed by atoms with Crippen LogP contribution in [-0.2, 0) is 9.53 Å². The lowest BCUT2D eigenvalue weighted by Crippen LogP contribution is -2.37. The molecule has 1 amide bonds. The maximum atomic E-state index is 12.3. The van der Waals surface area contributed by atoms with Gasteiger partial charge in [0.25, 0.3) is 5.91 Å². The van der Waals surface area contributed by atoms with Gasteiger partial charge in [0.1, 0.15) is 11.4 Å². The van der Waals surface area contributed by atoms with Gasteiger partial charge in [-0.05, 0) is 19.1 Å². The molecule has 0 bridgehead atoms. The SMILES string of the molecule is Cc1ccc(OCC(=O)Nc2cnc(N3CCOCC3)nc2N(C)C)cc1. The third-order valence-electron chi connectivity index (χ3n) is 4.14. The first-order valence-electron chi connectivity index (χ1n) is 8.89. The van der Waals surface area contributed by atoms with Gasteiger partial charge in [0.15, 0.2) is 12.4 Å². The van der Waals surface area contributed by atoms with Gasteiger partial charge in [-0.2, -0.15) is 4.98 Å². The van der Waals surface area contributed by atoms with Crippen LogP contribution in [0.1, 0.15) is 5.56 Å². The van der Waals surface area contributed by atoms with Gasteiger partial charge in [-0.1, -0.05) is 17.7 Å². The number of hydrogen-bond acceptors (Lipinski definition) is 7. The van der Waals surface area contributed by atoms with E-state index in [-0.39, 0.29) is 12.5 Å². The van der Waals surface area contributed by atoms with Crippen LogP contribution in [0.15, 0.2) is 30.5 Å². The van der Waals surface area contributed by atoms with E-state index in [9.17, 15) is 4.79 Å². The third-order valence-corrected chi connectivity index (χ3v) is 4.14. The Labute approximate surface area is 159 Å². The summed E-state index contributed by atoms with van der Waals surface area (Å²) in [4.78, 5) is 25.2. The van der Waals surface area contributed by atoms with Crippen LogP contribution < -0.4 is 19.9 Å². The van der Waals surface area contributed by atoms with Crippen molar-refractivity contribution in [3.63, 3.8) is 0 Å². The number of morpholine rings is 1. The van der Waals surface area contributed by atoms with E-state index < -0.39 is 0 Å². The Balaban J connectivity index is 1.65. The second-order valence-corrected chi connectivity index (χ2v) is 6.55. The fourth-order valence-corrected chi connectivity index (χ4v) is 2.68. The van der Waals surface area contributed by atoms with E-state index in [4.69, 9.17) is 9.47 Å². The molecule has 3 rings (SSSR count). The van der Waals surface area contributed by atoms with Crippen molar-refractivity contribution < 1.29 is 14.3 Å². The highest BCUT2D eigenvalue weighted by Crippen LogP contribution is 2.24. The molecule has 1 fully saturated rings. The van der Waals surface area contributed by atoms with E-state index in [0.717, 1.165) is 18.7 Å². The maximum absolute atomic E-state index is 12.3. The van der Waals surface area contributed by atoms with Gasteiger partial charge in [-0.15, -0.1) is 0 Å².